The first-order chi connectivity index (χ1) is 12.5. The molecule has 0 fully saturated rings. The third-order valence-corrected chi connectivity index (χ3v) is 3.70. The van der Waals surface area contributed by atoms with Crippen LogP contribution in [0.1, 0.15) is 31.4 Å². The number of ether oxygens (including phenoxy) is 2. The van der Waals surface area contributed by atoms with Crippen LogP contribution >= 0.6 is 0 Å². The standard InChI is InChI=1S/C20H27N3O3/c1-5-11-26-18-9-7-16(12-19(18)25-6-2)8-10-20(24)22(3)14-17-13-21-23(4)15-17/h7-10,12-13,15H,5-6,11,14H2,1-4H3/b10-8+. The zero-order valence-corrected chi connectivity index (χ0v) is 15.9. The minimum absolute atomic E-state index is 0.0712. The number of likely N-dealkylation sites (N-methyl/N-ethyl adjacent to an activating group) is 1. The normalized spacial score (nSPS) is 10.9. The predicted molar refractivity (Wildman–Crippen MR) is 102 cm³/mol. The fourth-order valence-corrected chi connectivity index (χ4v) is 2.43. The van der Waals surface area contributed by atoms with E-state index in [-0.39, 0.29) is 5.91 Å². The lowest BCUT2D eigenvalue weighted by Gasteiger charge is -2.14. The van der Waals surface area contributed by atoms with Crippen LogP contribution in [0.15, 0.2) is 36.7 Å². The van der Waals surface area contributed by atoms with Gasteiger partial charge in [0.2, 0.25) is 5.91 Å². The lowest BCUT2D eigenvalue weighted by atomic mass is 10.2. The van der Waals surface area contributed by atoms with Gasteiger partial charge in [0.05, 0.1) is 19.4 Å². The van der Waals surface area contributed by atoms with Gasteiger partial charge in [0, 0.05) is 38.5 Å². The Hall–Kier alpha value is -2.76. The molecule has 0 aliphatic heterocycles. The maximum atomic E-state index is 12.3. The smallest absolute Gasteiger partial charge is 0.246 e. The Labute approximate surface area is 155 Å². The molecule has 6 heteroatoms. The van der Waals surface area contributed by atoms with Crippen molar-refractivity contribution in [1.29, 1.82) is 0 Å². The van der Waals surface area contributed by atoms with Crippen LogP contribution < -0.4 is 9.47 Å². The summed E-state index contributed by atoms with van der Waals surface area (Å²) >= 11 is 0. The molecular weight excluding hydrogens is 330 g/mol. The number of nitrogens with zero attached hydrogens (tertiary/aromatic N) is 3. The van der Waals surface area contributed by atoms with E-state index in [4.69, 9.17) is 9.47 Å². The van der Waals surface area contributed by atoms with Crippen LogP contribution in [0.5, 0.6) is 11.5 Å². The van der Waals surface area contributed by atoms with Gasteiger partial charge in [0.15, 0.2) is 11.5 Å². The highest BCUT2D eigenvalue weighted by Crippen LogP contribution is 2.29. The molecule has 0 bridgehead atoms. The van der Waals surface area contributed by atoms with Crippen molar-refractivity contribution in [3.05, 3.63) is 47.8 Å². The van der Waals surface area contributed by atoms with Gasteiger partial charge in [-0.05, 0) is 37.1 Å². The van der Waals surface area contributed by atoms with Gasteiger partial charge in [-0.15, -0.1) is 0 Å². The molecule has 0 unspecified atom stereocenters. The van der Waals surface area contributed by atoms with E-state index < -0.39 is 0 Å². The number of carbonyl (C=O) groups excluding carboxylic acids is 1. The summed E-state index contributed by atoms with van der Waals surface area (Å²) in [7, 11) is 3.63. The maximum absolute atomic E-state index is 12.3. The molecule has 0 N–H and O–H groups in total. The molecular formula is C20H27N3O3. The van der Waals surface area contributed by atoms with Crippen molar-refractivity contribution in [2.24, 2.45) is 7.05 Å². The molecule has 2 aromatic rings. The van der Waals surface area contributed by atoms with E-state index in [1.165, 1.54) is 0 Å². The van der Waals surface area contributed by atoms with Crippen LogP contribution in [0.25, 0.3) is 6.08 Å². The molecule has 0 spiro atoms. The zero-order chi connectivity index (χ0) is 18.9. The molecule has 0 atom stereocenters. The Kier molecular flexibility index (Phi) is 7.26. The second-order valence-electron chi connectivity index (χ2n) is 6.04. The highest BCUT2D eigenvalue weighted by atomic mass is 16.5. The number of hydrogen-bond donors (Lipinski definition) is 0. The summed E-state index contributed by atoms with van der Waals surface area (Å²) in [6.07, 6.45) is 7.95. The fraction of sp³-hybridized carbons (Fsp3) is 0.400. The van der Waals surface area contributed by atoms with Crippen molar-refractivity contribution < 1.29 is 14.3 Å². The minimum Gasteiger partial charge on any atom is -0.490 e. The average molecular weight is 357 g/mol. The third kappa shape index (κ3) is 5.65. The third-order valence-electron chi connectivity index (χ3n) is 3.70. The zero-order valence-electron chi connectivity index (χ0n) is 15.9. The first-order valence-corrected chi connectivity index (χ1v) is 8.83. The van der Waals surface area contributed by atoms with E-state index >= 15 is 0 Å². The summed E-state index contributed by atoms with van der Waals surface area (Å²) in [6.45, 7) is 5.72. The SMILES string of the molecule is CCCOc1ccc(/C=C/C(=O)N(C)Cc2cnn(C)c2)cc1OCC. The van der Waals surface area contributed by atoms with E-state index in [9.17, 15) is 4.79 Å². The highest BCUT2D eigenvalue weighted by molar-refractivity contribution is 5.91. The molecule has 1 heterocycles. The number of rotatable bonds is 9. The minimum atomic E-state index is -0.0712. The summed E-state index contributed by atoms with van der Waals surface area (Å²) in [4.78, 5) is 14.0. The maximum Gasteiger partial charge on any atom is 0.246 e. The van der Waals surface area contributed by atoms with E-state index in [1.807, 2.05) is 38.4 Å². The van der Waals surface area contributed by atoms with Crippen molar-refractivity contribution in [3.8, 4) is 11.5 Å². The largest absolute Gasteiger partial charge is 0.490 e. The Morgan fingerprint density at radius 3 is 2.73 bits per heavy atom. The first-order valence-electron chi connectivity index (χ1n) is 8.83. The van der Waals surface area contributed by atoms with Gasteiger partial charge < -0.3 is 14.4 Å². The highest BCUT2D eigenvalue weighted by Gasteiger charge is 2.08. The number of benzene rings is 1. The van der Waals surface area contributed by atoms with E-state index in [1.54, 1.807) is 35.0 Å². The van der Waals surface area contributed by atoms with Crippen molar-refractivity contribution in [1.82, 2.24) is 14.7 Å². The molecule has 140 valence electrons. The molecule has 1 amide bonds. The molecule has 26 heavy (non-hydrogen) atoms. The number of aromatic nitrogens is 2. The van der Waals surface area contributed by atoms with Crippen molar-refractivity contribution in [2.75, 3.05) is 20.3 Å². The summed E-state index contributed by atoms with van der Waals surface area (Å²) in [5.74, 6) is 1.35. The van der Waals surface area contributed by atoms with Crippen LogP contribution in [-0.2, 0) is 18.4 Å². The van der Waals surface area contributed by atoms with Crippen LogP contribution in [0.3, 0.4) is 0 Å². The predicted octanol–water partition coefficient (Wildman–Crippen LogP) is 3.28. The Balaban J connectivity index is 2.03. The average Bonchev–Trinajstić information content (AvgIpc) is 3.03. The molecule has 0 aliphatic rings. The molecule has 0 radical (unpaired) electrons. The second-order valence-corrected chi connectivity index (χ2v) is 6.04. The second kappa shape index (κ2) is 9.65. The molecule has 6 nitrogen and oxygen atoms in total. The van der Waals surface area contributed by atoms with Crippen LogP contribution in [0, 0.1) is 0 Å². The molecule has 0 aliphatic carbocycles. The van der Waals surface area contributed by atoms with Gasteiger partial charge in [-0.25, -0.2) is 0 Å². The Bertz CT molecular complexity index is 753. The molecule has 2 rings (SSSR count). The van der Waals surface area contributed by atoms with E-state index in [0.717, 1.165) is 23.3 Å². The number of aryl methyl sites for hydroxylation is 1. The van der Waals surface area contributed by atoms with E-state index in [2.05, 4.69) is 12.0 Å². The molecule has 1 aromatic heterocycles. The number of carbonyl (C=O) groups is 1. The quantitative estimate of drug-likeness (QED) is 0.646. The van der Waals surface area contributed by atoms with Gasteiger partial charge in [-0.3, -0.25) is 9.48 Å². The van der Waals surface area contributed by atoms with Crippen LogP contribution in [-0.4, -0.2) is 40.8 Å². The van der Waals surface area contributed by atoms with Gasteiger partial charge >= 0.3 is 0 Å². The Morgan fingerprint density at radius 2 is 2.08 bits per heavy atom. The van der Waals surface area contributed by atoms with Gasteiger partial charge in [0.25, 0.3) is 0 Å². The number of hydrogen-bond acceptors (Lipinski definition) is 4. The summed E-state index contributed by atoms with van der Waals surface area (Å²) in [5.41, 5.74) is 1.88. The monoisotopic (exact) mass is 357 g/mol. The lowest BCUT2D eigenvalue weighted by molar-refractivity contribution is -0.125. The molecule has 1 aromatic carbocycles. The Morgan fingerprint density at radius 1 is 1.27 bits per heavy atom. The molecule has 0 saturated carbocycles. The van der Waals surface area contributed by atoms with Crippen LogP contribution in [0.4, 0.5) is 0 Å². The summed E-state index contributed by atoms with van der Waals surface area (Å²) in [5, 5.41) is 4.11. The van der Waals surface area contributed by atoms with Gasteiger partial charge in [0.1, 0.15) is 0 Å². The fourth-order valence-electron chi connectivity index (χ4n) is 2.43. The van der Waals surface area contributed by atoms with Crippen LogP contribution in [0.2, 0.25) is 0 Å². The van der Waals surface area contributed by atoms with Crippen molar-refractivity contribution in [2.45, 2.75) is 26.8 Å². The van der Waals surface area contributed by atoms with Gasteiger partial charge in [-0.2, -0.15) is 5.10 Å². The van der Waals surface area contributed by atoms with Crippen molar-refractivity contribution in [3.63, 3.8) is 0 Å². The summed E-state index contributed by atoms with van der Waals surface area (Å²) < 4.78 is 13.1. The van der Waals surface area contributed by atoms with Gasteiger partial charge in [-0.1, -0.05) is 13.0 Å². The van der Waals surface area contributed by atoms with Crippen molar-refractivity contribution >= 4 is 12.0 Å². The first kappa shape index (κ1) is 19.6. The molecule has 0 saturated heterocycles. The number of amides is 1. The lowest BCUT2D eigenvalue weighted by Crippen LogP contribution is -2.23. The topological polar surface area (TPSA) is 56.6 Å². The van der Waals surface area contributed by atoms with E-state index in [0.29, 0.717) is 25.5 Å². The summed E-state index contributed by atoms with van der Waals surface area (Å²) in [6, 6.07) is 5.68.